The number of aromatic nitrogens is 2. The van der Waals surface area contributed by atoms with Gasteiger partial charge < -0.3 is 20.1 Å². The molecule has 2 amide bonds. The first kappa shape index (κ1) is 27.3. The fourth-order valence-electron chi connectivity index (χ4n) is 4.83. The van der Waals surface area contributed by atoms with Crippen LogP contribution in [-0.4, -0.2) is 62.8 Å². The number of aliphatic hydroxyl groups is 1. The molecule has 40 heavy (non-hydrogen) atoms. The number of rotatable bonds is 8. The fraction of sp³-hybridized carbons (Fsp3) is 0.300. The zero-order valence-corrected chi connectivity index (χ0v) is 22.1. The van der Waals surface area contributed by atoms with Crippen molar-refractivity contribution in [2.24, 2.45) is 0 Å². The molecule has 1 saturated heterocycles. The molecule has 8 nitrogen and oxygen atoms in total. The number of ether oxygens (including phenoxy) is 1. The van der Waals surface area contributed by atoms with Gasteiger partial charge in [-0.05, 0) is 55.3 Å². The van der Waals surface area contributed by atoms with Crippen LogP contribution in [0.3, 0.4) is 0 Å². The maximum atomic E-state index is 13.6. The van der Waals surface area contributed by atoms with Crippen molar-refractivity contribution in [3.63, 3.8) is 0 Å². The molecule has 0 bridgehead atoms. The molecule has 3 aromatic carbocycles. The van der Waals surface area contributed by atoms with E-state index in [1.807, 2.05) is 42.5 Å². The van der Waals surface area contributed by atoms with Crippen LogP contribution in [0.15, 0.2) is 79.0 Å². The maximum Gasteiger partial charge on any atom is 0.321 e. The smallest absolute Gasteiger partial charge is 0.321 e. The van der Waals surface area contributed by atoms with E-state index in [1.54, 1.807) is 53.0 Å². The maximum absolute atomic E-state index is 13.6. The van der Waals surface area contributed by atoms with Crippen molar-refractivity contribution in [3.05, 3.63) is 90.1 Å². The Morgan fingerprint density at radius 2 is 1.88 bits per heavy atom. The van der Waals surface area contributed by atoms with Crippen molar-refractivity contribution in [2.75, 3.05) is 13.1 Å². The molecular formula is C30H30F2N4O4. The number of halogens is 2. The van der Waals surface area contributed by atoms with Crippen LogP contribution in [0.1, 0.15) is 42.3 Å². The Hall–Kier alpha value is -4.31. The Morgan fingerprint density at radius 3 is 2.58 bits per heavy atom. The van der Waals surface area contributed by atoms with Crippen molar-refractivity contribution >= 4 is 22.7 Å². The number of hydrogen-bond donors (Lipinski definition) is 2. The van der Waals surface area contributed by atoms with Gasteiger partial charge in [0.25, 0.3) is 11.8 Å². The van der Waals surface area contributed by atoms with Crippen molar-refractivity contribution in [1.29, 1.82) is 0 Å². The average molecular weight is 549 g/mol. The molecule has 1 aromatic heterocycles. The number of β-amino-alcohol motifs (C(OH)–C–C–N with tert-alkyl or cyclic N) is 1. The second kappa shape index (κ2) is 11.1. The fourth-order valence-corrected chi connectivity index (χ4v) is 4.83. The Labute approximate surface area is 230 Å². The molecule has 3 atom stereocenters. The number of hydrogen-bond acceptors (Lipinski definition) is 5. The Kier molecular flexibility index (Phi) is 7.53. The third kappa shape index (κ3) is 5.81. The van der Waals surface area contributed by atoms with Crippen LogP contribution in [0.2, 0.25) is 0 Å². The van der Waals surface area contributed by atoms with Gasteiger partial charge in [0.05, 0.1) is 29.5 Å². The number of aliphatic hydroxyl groups excluding tert-OH is 1. The highest BCUT2D eigenvalue weighted by atomic mass is 19.3. The van der Waals surface area contributed by atoms with E-state index >= 15 is 0 Å². The van der Waals surface area contributed by atoms with Gasteiger partial charge in [0.15, 0.2) is 0 Å². The normalized spacial score (nSPS) is 17.0. The lowest BCUT2D eigenvalue weighted by atomic mass is 10.0. The summed E-state index contributed by atoms with van der Waals surface area (Å²) < 4.78 is 35.1. The summed E-state index contributed by atoms with van der Waals surface area (Å²) in [6, 6.07) is 20.8. The quantitative estimate of drug-likeness (QED) is 0.338. The zero-order chi connectivity index (χ0) is 28.4. The molecule has 4 aromatic rings. The number of benzene rings is 3. The predicted octanol–water partition coefficient (Wildman–Crippen LogP) is 4.51. The number of amides is 2. The molecule has 0 unspecified atom stereocenters. The minimum Gasteiger partial charge on any atom is -0.484 e. The zero-order valence-electron chi connectivity index (χ0n) is 22.1. The number of likely N-dealkylation sites (tertiary alicyclic amines) is 1. The topological polar surface area (TPSA) is 96.7 Å². The van der Waals surface area contributed by atoms with Gasteiger partial charge in [-0.2, -0.15) is 13.9 Å². The van der Waals surface area contributed by atoms with E-state index < -0.39 is 30.1 Å². The third-order valence-corrected chi connectivity index (χ3v) is 6.93. The van der Waals surface area contributed by atoms with E-state index in [-0.39, 0.29) is 5.91 Å². The van der Waals surface area contributed by atoms with Gasteiger partial charge >= 0.3 is 5.92 Å². The van der Waals surface area contributed by atoms with Gasteiger partial charge in [-0.25, -0.2) is 4.68 Å². The van der Waals surface area contributed by atoms with Gasteiger partial charge in [-0.3, -0.25) is 9.59 Å². The van der Waals surface area contributed by atoms with Crippen molar-refractivity contribution < 1.29 is 28.2 Å². The van der Waals surface area contributed by atoms with Crippen LogP contribution >= 0.6 is 0 Å². The highest BCUT2D eigenvalue weighted by Gasteiger charge is 2.35. The van der Waals surface area contributed by atoms with Gasteiger partial charge in [0, 0.05) is 31.0 Å². The van der Waals surface area contributed by atoms with E-state index in [0.29, 0.717) is 43.4 Å². The summed E-state index contributed by atoms with van der Waals surface area (Å²) in [5, 5.41) is 17.4. The molecule has 5 rings (SSSR count). The molecule has 2 N–H and O–H groups in total. The van der Waals surface area contributed by atoms with Crippen molar-refractivity contribution in [2.45, 2.75) is 44.4 Å². The average Bonchev–Trinajstić information content (AvgIpc) is 3.57. The lowest BCUT2D eigenvalue weighted by Gasteiger charge is -2.27. The summed E-state index contributed by atoms with van der Waals surface area (Å²) in [7, 11) is 0. The van der Waals surface area contributed by atoms with Crippen LogP contribution in [0.4, 0.5) is 8.78 Å². The molecule has 1 aliphatic heterocycles. The van der Waals surface area contributed by atoms with E-state index in [1.165, 1.54) is 0 Å². The van der Waals surface area contributed by atoms with E-state index in [2.05, 4.69) is 10.4 Å². The SMILES string of the molecule is C[C@H](NC(=O)C(C)(F)F)[C@H](Oc1ccc2c(cnn2-c2cccc(C(=O)N3CC[C@@H](O)C3)c2)c1)c1ccccc1. The largest absolute Gasteiger partial charge is 0.484 e. The highest BCUT2D eigenvalue weighted by molar-refractivity contribution is 5.95. The summed E-state index contributed by atoms with van der Waals surface area (Å²) in [5.41, 5.74) is 2.71. The standard InChI is InChI=1S/C30H30F2N4O4/c1-19(34-29(39)30(2,31)32)27(20-7-4-3-5-8-20)40-25-11-12-26-22(16-25)17-33-36(26)23-10-6-9-21(15-23)28(38)35-14-13-24(37)18-35/h3-12,15-17,19,24,27,37H,13-14,18H2,1-2H3,(H,34,39)/t19-,24+,27-/m0/s1. The minimum absolute atomic E-state index is 0.139. The van der Waals surface area contributed by atoms with E-state index in [0.717, 1.165) is 16.5 Å². The molecule has 0 aliphatic carbocycles. The molecular weight excluding hydrogens is 518 g/mol. The molecule has 0 radical (unpaired) electrons. The number of carbonyl (C=O) groups is 2. The van der Waals surface area contributed by atoms with Gasteiger partial charge in [0.1, 0.15) is 11.9 Å². The second-order valence-electron chi connectivity index (χ2n) is 10.1. The number of nitrogens with zero attached hydrogens (tertiary/aromatic N) is 3. The Balaban J connectivity index is 1.39. The van der Waals surface area contributed by atoms with Crippen LogP contribution < -0.4 is 10.1 Å². The van der Waals surface area contributed by atoms with Crippen LogP contribution in [0.5, 0.6) is 5.75 Å². The van der Waals surface area contributed by atoms with Crippen molar-refractivity contribution in [3.8, 4) is 11.4 Å². The molecule has 1 fully saturated rings. The minimum atomic E-state index is -3.51. The first-order chi connectivity index (χ1) is 19.1. The van der Waals surface area contributed by atoms with Crippen LogP contribution in [0.25, 0.3) is 16.6 Å². The van der Waals surface area contributed by atoms with Gasteiger partial charge in [-0.1, -0.05) is 36.4 Å². The molecule has 1 aliphatic rings. The lowest BCUT2D eigenvalue weighted by molar-refractivity contribution is -0.144. The van der Waals surface area contributed by atoms with Crippen LogP contribution in [-0.2, 0) is 4.79 Å². The van der Waals surface area contributed by atoms with Crippen LogP contribution in [0, 0.1) is 0 Å². The summed E-state index contributed by atoms with van der Waals surface area (Å²) in [6.07, 6.45) is 1.02. The first-order valence-electron chi connectivity index (χ1n) is 13.1. The predicted molar refractivity (Wildman–Crippen MR) is 146 cm³/mol. The molecule has 208 valence electrons. The van der Waals surface area contributed by atoms with E-state index in [9.17, 15) is 23.5 Å². The summed E-state index contributed by atoms with van der Waals surface area (Å²) in [5.74, 6) is -4.55. The summed E-state index contributed by atoms with van der Waals surface area (Å²) in [6.45, 7) is 3.02. The number of carbonyl (C=O) groups excluding carboxylic acids is 2. The van der Waals surface area contributed by atoms with Gasteiger partial charge in [0.2, 0.25) is 0 Å². The highest BCUT2D eigenvalue weighted by Crippen LogP contribution is 2.29. The summed E-state index contributed by atoms with van der Waals surface area (Å²) in [4.78, 5) is 26.5. The molecule has 0 spiro atoms. The number of nitrogens with one attached hydrogen (secondary N) is 1. The second-order valence-corrected chi connectivity index (χ2v) is 10.1. The monoisotopic (exact) mass is 548 g/mol. The third-order valence-electron chi connectivity index (χ3n) is 6.93. The first-order valence-corrected chi connectivity index (χ1v) is 13.1. The lowest BCUT2D eigenvalue weighted by Crippen LogP contribution is -2.46. The van der Waals surface area contributed by atoms with Gasteiger partial charge in [-0.15, -0.1) is 0 Å². The molecule has 0 saturated carbocycles. The number of alkyl halides is 2. The molecule has 10 heteroatoms. The number of fused-ring (bicyclic) bond motifs is 1. The molecule has 2 heterocycles. The Morgan fingerprint density at radius 1 is 1.10 bits per heavy atom. The van der Waals surface area contributed by atoms with Crippen molar-refractivity contribution in [1.82, 2.24) is 20.0 Å². The summed E-state index contributed by atoms with van der Waals surface area (Å²) >= 11 is 0. The van der Waals surface area contributed by atoms with E-state index in [4.69, 9.17) is 4.74 Å². The Bertz CT molecular complexity index is 1520.